The van der Waals surface area contributed by atoms with Crippen molar-refractivity contribution in [1.82, 2.24) is 0 Å². The van der Waals surface area contributed by atoms with Gasteiger partial charge in [-0.1, -0.05) is 84.0 Å². The number of carbonyl (C=O) groups is 1. The van der Waals surface area contributed by atoms with Crippen LogP contribution in [-0.4, -0.2) is 48.2 Å². The minimum absolute atomic E-state index is 0. The van der Waals surface area contributed by atoms with Crippen molar-refractivity contribution in [2.24, 2.45) is 0 Å². The van der Waals surface area contributed by atoms with E-state index in [0.29, 0.717) is 4.48 Å². The SMILES string of the molecule is CCCCCCCCCCCCCCCC[N+](C)(C)CC(=O)O.[OH-]. The van der Waals surface area contributed by atoms with Crippen molar-refractivity contribution in [1.29, 1.82) is 0 Å². The van der Waals surface area contributed by atoms with Crippen molar-refractivity contribution in [3.63, 3.8) is 0 Å². The van der Waals surface area contributed by atoms with Gasteiger partial charge in [0.05, 0.1) is 20.6 Å². The molecule has 0 radical (unpaired) electrons. The second-order valence-electron chi connectivity index (χ2n) is 7.81. The Morgan fingerprint density at radius 3 is 1.38 bits per heavy atom. The summed E-state index contributed by atoms with van der Waals surface area (Å²) >= 11 is 0. The van der Waals surface area contributed by atoms with E-state index >= 15 is 0 Å². The molecule has 0 saturated carbocycles. The molecule has 0 aliphatic rings. The fraction of sp³-hybridized carbons (Fsp3) is 0.950. The molecule has 0 saturated heterocycles. The normalized spacial score (nSPS) is 11.3. The van der Waals surface area contributed by atoms with Crippen LogP contribution in [0.2, 0.25) is 0 Å². The van der Waals surface area contributed by atoms with Gasteiger partial charge in [0.25, 0.3) is 0 Å². The van der Waals surface area contributed by atoms with Crippen LogP contribution in [0.1, 0.15) is 96.8 Å². The van der Waals surface area contributed by atoms with E-state index in [9.17, 15) is 4.79 Å². The Morgan fingerprint density at radius 1 is 0.708 bits per heavy atom. The van der Waals surface area contributed by atoms with E-state index in [1.807, 2.05) is 14.1 Å². The monoisotopic (exact) mass is 345 g/mol. The Labute approximate surface area is 150 Å². The van der Waals surface area contributed by atoms with Crippen LogP contribution in [0.15, 0.2) is 0 Å². The lowest BCUT2D eigenvalue weighted by Gasteiger charge is -2.27. The molecule has 0 fully saturated rings. The molecule has 0 aromatic heterocycles. The molecular formula is C20H43NO3. The van der Waals surface area contributed by atoms with Gasteiger partial charge in [0, 0.05) is 0 Å². The van der Waals surface area contributed by atoms with Gasteiger partial charge in [-0.3, -0.25) is 0 Å². The lowest BCUT2D eigenvalue weighted by Crippen LogP contribution is -2.44. The molecule has 0 atom stereocenters. The van der Waals surface area contributed by atoms with Gasteiger partial charge in [-0.25, -0.2) is 4.79 Å². The molecular weight excluding hydrogens is 302 g/mol. The summed E-state index contributed by atoms with van der Waals surface area (Å²) in [6.45, 7) is 3.48. The number of aliphatic carboxylic acids is 1. The number of hydrogen-bond donors (Lipinski definition) is 1. The molecule has 4 heteroatoms. The van der Waals surface area contributed by atoms with Gasteiger partial charge in [0.15, 0.2) is 6.54 Å². The molecule has 24 heavy (non-hydrogen) atoms. The number of carboxylic acids is 1. The fourth-order valence-corrected chi connectivity index (χ4v) is 3.18. The lowest BCUT2D eigenvalue weighted by atomic mass is 10.0. The molecule has 0 aliphatic carbocycles. The van der Waals surface area contributed by atoms with Crippen molar-refractivity contribution in [3.05, 3.63) is 0 Å². The van der Waals surface area contributed by atoms with Crippen LogP contribution in [0.4, 0.5) is 0 Å². The number of nitrogens with zero attached hydrogens (tertiary/aromatic N) is 1. The highest BCUT2D eigenvalue weighted by Crippen LogP contribution is 2.13. The topological polar surface area (TPSA) is 67.3 Å². The molecule has 2 N–H and O–H groups in total. The Balaban J connectivity index is 0. The summed E-state index contributed by atoms with van der Waals surface area (Å²) in [6.07, 6.45) is 19.2. The average molecular weight is 346 g/mol. The number of carboxylic acid groups (broad SMARTS) is 1. The van der Waals surface area contributed by atoms with Crippen LogP contribution in [0.3, 0.4) is 0 Å². The van der Waals surface area contributed by atoms with Crippen molar-refractivity contribution in [3.8, 4) is 0 Å². The van der Waals surface area contributed by atoms with E-state index in [1.165, 1.54) is 83.5 Å². The van der Waals surface area contributed by atoms with E-state index in [4.69, 9.17) is 5.11 Å². The summed E-state index contributed by atoms with van der Waals surface area (Å²) in [5, 5.41) is 8.85. The van der Waals surface area contributed by atoms with Crippen LogP contribution in [-0.2, 0) is 4.79 Å². The standard InChI is InChI=1S/C20H41NO2.H2O/c1-4-5-6-7-8-9-10-11-12-13-14-15-16-17-18-21(2,3)19-20(22)23;/h4-19H2,1-3H3;1H2. The first-order valence-corrected chi connectivity index (χ1v) is 10.0. The number of unbranched alkanes of at least 4 members (excludes halogenated alkanes) is 13. The highest BCUT2D eigenvalue weighted by molar-refractivity contribution is 5.67. The Morgan fingerprint density at radius 2 is 1.04 bits per heavy atom. The van der Waals surface area contributed by atoms with Crippen molar-refractivity contribution in [2.45, 2.75) is 96.8 Å². The van der Waals surface area contributed by atoms with Gasteiger partial charge >= 0.3 is 5.97 Å². The Kier molecular flexibility index (Phi) is 18.4. The van der Waals surface area contributed by atoms with Crippen LogP contribution >= 0.6 is 0 Å². The van der Waals surface area contributed by atoms with E-state index < -0.39 is 5.97 Å². The molecule has 0 aromatic rings. The number of quaternary nitrogens is 1. The minimum atomic E-state index is -0.694. The van der Waals surface area contributed by atoms with Crippen LogP contribution < -0.4 is 0 Å². The van der Waals surface area contributed by atoms with E-state index in [1.54, 1.807) is 0 Å². The zero-order valence-corrected chi connectivity index (χ0v) is 16.6. The largest absolute Gasteiger partial charge is 0.870 e. The zero-order chi connectivity index (χ0) is 17.4. The Bertz CT molecular complexity index is 280. The van der Waals surface area contributed by atoms with Crippen molar-refractivity contribution in [2.75, 3.05) is 27.2 Å². The average Bonchev–Trinajstić information content (AvgIpc) is 2.46. The highest BCUT2D eigenvalue weighted by Gasteiger charge is 2.18. The fourth-order valence-electron chi connectivity index (χ4n) is 3.18. The molecule has 0 heterocycles. The van der Waals surface area contributed by atoms with Gasteiger partial charge < -0.3 is 15.1 Å². The zero-order valence-electron chi connectivity index (χ0n) is 16.6. The van der Waals surface area contributed by atoms with Gasteiger partial charge in [-0.05, 0) is 12.8 Å². The summed E-state index contributed by atoms with van der Waals surface area (Å²) < 4.78 is 0.605. The number of hydrogen-bond acceptors (Lipinski definition) is 2. The maximum Gasteiger partial charge on any atom is 0.359 e. The van der Waals surface area contributed by atoms with Crippen LogP contribution in [0.5, 0.6) is 0 Å². The number of rotatable bonds is 17. The molecule has 0 unspecified atom stereocenters. The molecule has 146 valence electrons. The third-order valence-electron chi connectivity index (χ3n) is 4.68. The third-order valence-corrected chi connectivity index (χ3v) is 4.68. The van der Waals surface area contributed by atoms with Crippen molar-refractivity contribution < 1.29 is 19.9 Å². The maximum atomic E-state index is 10.7. The quantitative estimate of drug-likeness (QED) is 0.281. The molecule has 4 nitrogen and oxygen atoms in total. The summed E-state index contributed by atoms with van der Waals surface area (Å²) in [7, 11) is 4.02. The predicted molar refractivity (Wildman–Crippen MR) is 102 cm³/mol. The summed E-state index contributed by atoms with van der Waals surface area (Å²) in [5.74, 6) is -0.694. The van der Waals surface area contributed by atoms with Gasteiger partial charge in [-0.2, -0.15) is 0 Å². The van der Waals surface area contributed by atoms with Gasteiger partial charge in [-0.15, -0.1) is 0 Å². The molecule has 0 aromatic carbocycles. The Hall–Kier alpha value is -0.610. The van der Waals surface area contributed by atoms with E-state index in [0.717, 1.165) is 13.0 Å². The lowest BCUT2D eigenvalue weighted by molar-refractivity contribution is -0.883. The molecule has 0 spiro atoms. The maximum absolute atomic E-state index is 10.7. The second kappa shape index (κ2) is 17.2. The molecule has 0 bridgehead atoms. The van der Waals surface area contributed by atoms with E-state index in [2.05, 4.69) is 6.92 Å². The first kappa shape index (κ1) is 25.6. The predicted octanol–water partition coefficient (Wildman–Crippen LogP) is 5.45. The highest BCUT2D eigenvalue weighted by atomic mass is 16.4. The molecule has 0 amide bonds. The number of likely N-dealkylation sites (N-methyl/N-ethyl adjacent to an activating group) is 1. The first-order valence-electron chi connectivity index (χ1n) is 10.0. The smallest absolute Gasteiger partial charge is 0.359 e. The molecule has 0 aliphatic heterocycles. The van der Waals surface area contributed by atoms with Crippen molar-refractivity contribution >= 4 is 5.97 Å². The summed E-state index contributed by atoms with van der Waals surface area (Å²) in [6, 6.07) is 0. The van der Waals surface area contributed by atoms with Crippen LogP contribution in [0, 0.1) is 0 Å². The van der Waals surface area contributed by atoms with Gasteiger partial charge in [0.1, 0.15) is 0 Å². The summed E-state index contributed by atoms with van der Waals surface area (Å²) in [5.41, 5.74) is 0. The first-order chi connectivity index (χ1) is 11.0. The van der Waals surface area contributed by atoms with Gasteiger partial charge in [0.2, 0.25) is 0 Å². The second-order valence-corrected chi connectivity index (χ2v) is 7.81. The summed E-state index contributed by atoms with van der Waals surface area (Å²) in [4.78, 5) is 10.7. The minimum Gasteiger partial charge on any atom is -0.870 e. The third kappa shape index (κ3) is 19.4. The van der Waals surface area contributed by atoms with Crippen LogP contribution in [0.25, 0.3) is 0 Å². The molecule has 0 rings (SSSR count). The van der Waals surface area contributed by atoms with E-state index in [-0.39, 0.29) is 12.0 Å².